The quantitative estimate of drug-likeness (QED) is 0.772. The second-order valence-corrected chi connectivity index (χ2v) is 3.59. The zero-order valence-corrected chi connectivity index (χ0v) is 9.05. The number of benzene rings is 1. The van der Waals surface area contributed by atoms with Crippen molar-refractivity contribution in [2.45, 2.75) is 20.0 Å². The highest BCUT2D eigenvalue weighted by Crippen LogP contribution is 2.07. The summed E-state index contributed by atoms with van der Waals surface area (Å²) in [5.41, 5.74) is 0.887. The van der Waals surface area contributed by atoms with Gasteiger partial charge in [0.1, 0.15) is 6.61 Å². The molecule has 4 heteroatoms. The molecule has 16 heavy (non-hydrogen) atoms. The summed E-state index contributed by atoms with van der Waals surface area (Å²) in [4.78, 5) is 21.7. The SMILES string of the molecule is C[C@@H](CC(=O)O)C(=O)OCc1ccccc1. The third kappa shape index (κ3) is 4.13. The van der Waals surface area contributed by atoms with Gasteiger partial charge >= 0.3 is 11.9 Å². The second kappa shape index (κ2) is 5.90. The molecule has 1 atom stereocenters. The van der Waals surface area contributed by atoms with Gasteiger partial charge in [-0.1, -0.05) is 37.3 Å². The molecule has 0 aliphatic carbocycles. The van der Waals surface area contributed by atoms with Crippen molar-refractivity contribution >= 4 is 11.9 Å². The van der Waals surface area contributed by atoms with Gasteiger partial charge < -0.3 is 9.84 Å². The van der Waals surface area contributed by atoms with E-state index in [1.54, 1.807) is 6.92 Å². The van der Waals surface area contributed by atoms with Crippen LogP contribution in [0.5, 0.6) is 0 Å². The maximum Gasteiger partial charge on any atom is 0.309 e. The number of carbonyl (C=O) groups is 2. The van der Waals surface area contributed by atoms with Gasteiger partial charge in [-0.2, -0.15) is 0 Å². The van der Waals surface area contributed by atoms with E-state index >= 15 is 0 Å². The Bertz CT molecular complexity index is 359. The van der Waals surface area contributed by atoms with E-state index in [4.69, 9.17) is 9.84 Å². The molecule has 0 saturated heterocycles. The molecule has 4 nitrogen and oxygen atoms in total. The third-order valence-electron chi connectivity index (χ3n) is 2.11. The van der Waals surface area contributed by atoms with Crippen LogP contribution in [-0.4, -0.2) is 17.0 Å². The van der Waals surface area contributed by atoms with Crippen molar-refractivity contribution in [1.29, 1.82) is 0 Å². The summed E-state index contributed by atoms with van der Waals surface area (Å²) in [5.74, 6) is -2.09. The summed E-state index contributed by atoms with van der Waals surface area (Å²) in [6, 6.07) is 9.26. The largest absolute Gasteiger partial charge is 0.481 e. The van der Waals surface area contributed by atoms with E-state index in [0.29, 0.717) is 0 Å². The summed E-state index contributed by atoms with van der Waals surface area (Å²) in [6.45, 7) is 1.73. The lowest BCUT2D eigenvalue weighted by Gasteiger charge is -2.09. The lowest BCUT2D eigenvalue weighted by Crippen LogP contribution is -2.17. The molecule has 0 unspecified atom stereocenters. The number of hydrogen-bond acceptors (Lipinski definition) is 3. The van der Waals surface area contributed by atoms with Crippen LogP contribution in [0.25, 0.3) is 0 Å². The molecule has 1 N–H and O–H groups in total. The molecule has 0 bridgehead atoms. The maximum absolute atomic E-state index is 11.4. The average Bonchev–Trinajstić information content (AvgIpc) is 2.26. The third-order valence-corrected chi connectivity index (χ3v) is 2.11. The molecular weight excluding hydrogens is 208 g/mol. The molecule has 1 rings (SSSR count). The van der Waals surface area contributed by atoms with Gasteiger partial charge in [0.05, 0.1) is 12.3 Å². The summed E-state index contributed by atoms with van der Waals surface area (Å²) >= 11 is 0. The number of esters is 1. The molecule has 86 valence electrons. The minimum absolute atomic E-state index is 0.184. The minimum Gasteiger partial charge on any atom is -0.481 e. The topological polar surface area (TPSA) is 63.6 Å². The molecule has 1 aromatic carbocycles. The van der Waals surface area contributed by atoms with Gasteiger partial charge in [0.25, 0.3) is 0 Å². The Kier molecular flexibility index (Phi) is 4.51. The normalized spacial score (nSPS) is 11.8. The predicted molar refractivity (Wildman–Crippen MR) is 57.7 cm³/mol. The van der Waals surface area contributed by atoms with Crippen LogP contribution in [0.15, 0.2) is 30.3 Å². The number of carboxylic acid groups (broad SMARTS) is 1. The lowest BCUT2D eigenvalue weighted by molar-refractivity contribution is -0.153. The van der Waals surface area contributed by atoms with Crippen molar-refractivity contribution in [1.82, 2.24) is 0 Å². The summed E-state index contributed by atoms with van der Waals surface area (Å²) < 4.78 is 4.99. The van der Waals surface area contributed by atoms with Gasteiger partial charge in [-0.3, -0.25) is 9.59 Å². The van der Waals surface area contributed by atoms with Crippen molar-refractivity contribution in [2.75, 3.05) is 0 Å². The minimum atomic E-state index is -0.996. The van der Waals surface area contributed by atoms with Gasteiger partial charge in [0.15, 0.2) is 0 Å². The second-order valence-electron chi connectivity index (χ2n) is 3.59. The Morgan fingerprint density at radius 3 is 2.50 bits per heavy atom. The van der Waals surface area contributed by atoms with Gasteiger partial charge in [0.2, 0.25) is 0 Å². The van der Waals surface area contributed by atoms with Crippen LogP contribution in [0.3, 0.4) is 0 Å². The highest BCUT2D eigenvalue weighted by Gasteiger charge is 2.17. The Morgan fingerprint density at radius 2 is 1.94 bits per heavy atom. The van der Waals surface area contributed by atoms with Crippen molar-refractivity contribution in [3.63, 3.8) is 0 Å². The Hall–Kier alpha value is -1.84. The number of hydrogen-bond donors (Lipinski definition) is 1. The molecular formula is C12H14O4. The number of carbonyl (C=O) groups excluding carboxylic acids is 1. The van der Waals surface area contributed by atoms with Crippen LogP contribution < -0.4 is 0 Å². The molecule has 0 spiro atoms. The van der Waals surface area contributed by atoms with Gasteiger partial charge in [-0.25, -0.2) is 0 Å². The number of carboxylic acids is 1. The van der Waals surface area contributed by atoms with Crippen molar-refractivity contribution in [3.8, 4) is 0 Å². The first-order chi connectivity index (χ1) is 7.59. The van der Waals surface area contributed by atoms with Crippen molar-refractivity contribution in [3.05, 3.63) is 35.9 Å². The summed E-state index contributed by atoms with van der Waals surface area (Å²) in [5, 5.41) is 8.51. The van der Waals surface area contributed by atoms with Gasteiger partial charge in [0, 0.05) is 0 Å². The first-order valence-electron chi connectivity index (χ1n) is 5.02. The molecule has 0 fully saturated rings. The van der Waals surface area contributed by atoms with Crippen LogP contribution in [0, 0.1) is 5.92 Å². The Balaban J connectivity index is 2.38. The van der Waals surface area contributed by atoms with E-state index in [2.05, 4.69) is 0 Å². The highest BCUT2D eigenvalue weighted by atomic mass is 16.5. The van der Waals surface area contributed by atoms with Crippen LogP contribution in [0.2, 0.25) is 0 Å². The molecule has 0 heterocycles. The molecule has 0 amide bonds. The smallest absolute Gasteiger partial charge is 0.309 e. The van der Waals surface area contributed by atoms with Crippen LogP contribution in [0.4, 0.5) is 0 Å². The number of aliphatic carboxylic acids is 1. The molecule has 0 saturated carbocycles. The number of rotatable bonds is 5. The van der Waals surface area contributed by atoms with Crippen molar-refractivity contribution in [2.24, 2.45) is 5.92 Å². The van der Waals surface area contributed by atoms with Crippen LogP contribution >= 0.6 is 0 Å². The molecule has 0 aliphatic heterocycles. The van der Waals surface area contributed by atoms with Gasteiger partial charge in [-0.05, 0) is 5.56 Å². The van der Waals surface area contributed by atoms with Crippen LogP contribution in [0.1, 0.15) is 18.9 Å². The molecule has 0 aliphatic rings. The fraction of sp³-hybridized carbons (Fsp3) is 0.333. The summed E-state index contributed by atoms with van der Waals surface area (Å²) in [7, 11) is 0. The molecule has 0 radical (unpaired) electrons. The van der Waals surface area contributed by atoms with E-state index in [9.17, 15) is 9.59 Å². The van der Waals surface area contributed by atoms with Gasteiger partial charge in [-0.15, -0.1) is 0 Å². The molecule has 1 aromatic rings. The Morgan fingerprint density at radius 1 is 1.31 bits per heavy atom. The van der Waals surface area contributed by atoms with E-state index in [0.717, 1.165) is 5.56 Å². The van der Waals surface area contributed by atoms with E-state index in [1.165, 1.54) is 0 Å². The predicted octanol–water partition coefficient (Wildman–Crippen LogP) is 1.84. The summed E-state index contributed by atoms with van der Waals surface area (Å²) in [6.07, 6.45) is -0.201. The highest BCUT2D eigenvalue weighted by molar-refractivity contribution is 5.78. The zero-order chi connectivity index (χ0) is 12.0. The van der Waals surface area contributed by atoms with E-state index in [-0.39, 0.29) is 13.0 Å². The first kappa shape index (κ1) is 12.2. The number of ether oxygens (including phenoxy) is 1. The van der Waals surface area contributed by atoms with E-state index in [1.807, 2.05) is 30.3 Å². The first-order valence-corrected chi connectivity index (χ1v) is 5.02. The average molecular weight is 222 g/mol. The Labute approximate surface area is 93.9 Å². The zero-order valence-electron chi connectivity index (χ0n) is 9.05. The monoisotopic (exact) mass is 222 g/mol. The fourth-order valence-corrected chi connectivity index (χ4v) is 1.22. The maximum atomic E-state index is 11.4. The fourth-order valence-electron chi connectivity index (χ4n) is 1.22. The lowest BCUT2D eigenvalue weighted by atomic mass is 10.1. The van der Waals surface area contributed by atoms with Crippen molar-refractivity contribution < 1.29 is 19.4 Å². The van der Waals surface area contributed by atoms with E-state index < -0.39 is 17.9 Å². The standard InChI is InChI=1S/C12H14O4/c1-9(7-11(13)14)12(15)16-8-10-5-3-2-4-6-10/h2-6,9H,7-8H2,1H3,(H,13,14)/t9-/m0/s1. The van der Waals surface area contributed by atoms with Crippen LogP contribution in [-0.2, 0) is 20.9 Å². The molecule has 0 aromatic heterocycles.